The lowest BCUT2D eigenvalue weighted by molar-refractivity contribution is 0.0991. The van der Waals surface area contributed by atoms with E-state index in [9.17, 15) is 4.79 Å². The van der Waals surface area contributed by atoms with E-state index in [0.29, 0.717) is 29.7 Å². The van der Waals surface area contributed by atoms with Crippen LogP contribution in [0.1, 0.15) is 48.2 Å². The lowest BCUT2D eigenvalue weighted by atomic mass is 9.90. The highest BCUT2D eigenvalue weighted by molar-refractivity contribution is 6.06. The van der Waals surface area contributed by atoms with Crippen LogP contribution in [0, 0.1) is 5.92 Å². The number of carbonyl (C=O) groups is 1. The second-order valence-corrected chi connectivity index (χ2v) is 7.46. The van der Waals surface area contributed by atoms with Crippen molar-refractivity contribution in [3.63, 3.8) is 0 Å². The van der Waals surface area contributed by atoms with E-state index in [4.69, 9.17) is 13.9 Å². The molecule has 6 nitrogen and oxygen atoms in total. The number of furan rings is 1. The van der Waals surface area contributed by atoms with E-state index in [-0.39, 0.29) is 18.3 Å². The number of carbonyl (C=O) groups excluding carboxylic acids is 1. The Hall–Kier alpha value is -2.86. The van der Waals surface area contributed by atoms with Crippen molar-refractivity contribution < 1.29 is 18.7 Å². The number of rotatable bonds is 7. The number of hydrogen-bond acceptors (Lipinski definition) is 5. The molecular weight excluding hydrogens is 368 g/mol. The van der Waals surface area contributed by atoms with E-state index < -0.39 is 0 Å². The van der Waals surface area contributed by atoms with Crippen LogP contribution in [0.3, 0.4) is 0 Å². The van der Waals surface area contributed by atoms with Gasteiger partial charge in [-0.25, -0.2) is 4.98 Å². The molecule has 1 amide bonds. The molecular formula is C23H26N2O4. The highest BCUT2D eigenvalue weighted by Gasteiger charge is 2.22. The summed E-state index contributed by atoms with van der Waals surface area (Å²) in [6.07, 6.45) is 7.87. The van der Waals surface area contributed by atoms with E-state index >= 15 is 0 Å². The Kier molecular flexibility index (Phi) is 6.10. The third kappa shape index (κ3) is 4.43. The van der Waals surface area contributed by atoms with Gasteiger partial charge in [-0.1, -0.05) is 37.5 Å². The molecule has 1 fully saturated rings. The predicted molar refractivity (Wildman–Crippen MR) is 111 cm³/mol. The maximum absolute atomic E-state index is 13.0. The Morgan fingerprint density at radius 2 is 2.00 bits per heavy atom. The van der Waals surface area contributed by atoms with Crippen molar-refractivity contribution in [1.82, 2.24) is 4.98 Å². The molecule has 2 aromatic heterocycles. The minimum Gasteiger partial charge on any atom is -0.489 e. The summed E-state index contributed by atoms with van der Waals surface area (Å²) in [7, 11) is 1.60. The van der Waals surface area contributed by atoms with E-state index in [0.717, 1.165) is 10.9 Å². The van der Waals surface area contributed by atoms with Gasteiger partial charge in [-0.3, -0.25) is 4.79 Å². The Labute approximate surface area is 170 Å². The van der Waals surface area contributed by atoms with Gasteiger partial charge in [0.1, 0.15) is 5.58 Å². The summed E-state index contributed by atoms with van der Waals surface area (Å²) in [6.45, 7) is 0.932. The monoisotopic (exact) mass is 394 g/mol. The Balaban J connectivity index is 1.53. The van der Waals surface area contributed by atoms with Crippen LogP contribution in [0.25, 0.3) is 11.0 Å². The first-order chi connectivity index (χ1) is 14.3. The predicted octanol–water partition coefficient (Wildman–Crippen LogP) is 5.19. The lowest BCUT2D eigenvalue weighted by Crippen LogP contribution is -2.18. The number of amides is 1. The number of fused-ring (bicyclic) bond motifs is 1. The number of nitrogens with zero attached hydrogens (tertiary/aromatic N) is 1. The van der Waals surface area contributed by atoms with E-state index in [2.05, 4.69) is 10.3 Å². The fourth-order valence-corrected chi connectivity index (χ4v) is 3.90. The van der Waals surface area contributed by atoms with E-state index in [1.807, 2.05) is 36.4 Å². The molecule has 0 saturated heterocycles. The van der Waals surface area contributed by atoms with Gasteiger partial charge in [0.25, 0.3) is 5.91 Å². The Morgan fingerprint density at radius 1 is 1.17 bits per heavy atom. The van der Waals surface area contributed by atoms with Crippen LogP contribution >= 0.6 is 0 Å². The zero-order valence-electron chi connectivity index (χ0n) is 16.6. The van der Waals surface area contributed by atoms with E-state index in [1.165, 1.54) is 32.1 Å². The van der Waals surface area contributed by atoms with Crippen LogP contribution in [0.5, 0.6) is 5.75 Å². The SMILES string of the molecule is COCc1c(C(=O)Nc2ncccc2OCC2CCCCC2)oc2ccccc12. The van der Waals surface area contributed by atoms with Gasteiger partial charge in [-0.05, 0) is 37.0 Å². The molecule has 0 bridgehead atoms. The van der Waals surface area contributed by atoms with Crippen molar-refractivity contribution >= 4 is 22.7 Å². The summed E-state index contributed by atoms with van der Waals surface area (Å²) in [5.41, 5.74) is 1.38. The maximum Gasteiger partial charge on any atom is 0.293 e. The zero-order valence-corrected chi connectivity index (χ0v) is 16.6. The number of benzene rings is 1. The molecule has 0 unspecified atom stereocenters. The zero-order chi connectivity index (χ0) is 20.1. The number of aromatic nitrogens is 1. The van der Waals surface area contributed by atoms with Crippen molar-refractivity contribution in [2.75, 3.05) is 19.0 Å². The molecule has 1 N–H and O–H groups in total. The van der Waals surface area contributed by atoms with Crippen molar-refractivity contribution in [2.45, 2.75) is 38.7 Å². The second kappa shape index (κ2) is 9.09. The molecule has 0 radical (unpaired) electrons. The van der Waals surface area contributed by atoms with Crippen molar-refractivity contribution in [2.24, 2.45) is 5.92 Å². The minimum atomic E-state index is -0.366. The molecule has 0 atom stereocenters. The van der Waals surface area contributed by atoms with Crippen LogP contribution in [0.4, 0.5) is 5.82 Å². The van der Waals surface area contributed by atoms with Crippen LogP contribution in [0.2, 0.25) is 0 Å². The quantitative estimate of drug-likeness (QED) is 0.597. The normalized spacial score (nSPS) is 14.8. The van der Waals surface area contributed by atoms with E-state index in [1.54, 1.807) is 13.3 Å². The van der Waals surface area contributed by atoms with Gasteiger partial charge in [0.2, 0.25) is 0 Å². The first kappa shape index (κ1) is 19.5. The summed E-state index contributed by atoms with van der Waals surface area (Å²) in [5, 5.41) is 3.72. The molecule has 0 spiro atoms. The number of hydrogen-bond donors (Lipinski definition) is 1. The number of methoxy groups -OCH3 is 1. The van der Waals surface area contributed by atoms with Gasteiger partial charge in [0, 0.05) is 24.3 Å². The summed E-state index contributed by atoms with van der Waals surface area (Å²) >= 11 is 0. The fourth-order valence-electron chi connectivity index (χ4n) is 3.90. The summed E-state index contributed by atoms with van der Waals surface area (Å²) in [5.74, 6) is 1.41. The third-order valence-electron chi connectivity index (χ3n) is 5.40. The molecule has 1 aliphatic carbocycles. The average molecular weight is 394 g/mol. The molecule has 3 aromatic rings. The van der Waals surface area contributed by atoms with Crippen molar-refractivity contribution in [3.05, 3.63) is 53.9 Å². The molecule has 4 rings (SSSR count). The van der Waals surface area contributed by atoms with Gasteiger partial charge < -0.3 is 19.2 Å². The van der Waals surface area contributed by atoms with Crippen LogP contribution in [0.15, 0.2) is 47.0 Å². The standard InChI is InChI=1S/C23H26N2O4/c1-27-15-18-17-10-5-6-11-19(17)29-21(18)23(26)25-22-20(12-7-13-24-22)28-14-16-8-3-2-4-9-16/h5-7,10-13,16H,2-4,8-9,14-15H2,1H3,(H,24,25,26). The highest BCUT2D eigenvalue weighted by Crippen LogP contribution is 2.30. The summed E-state index contributed by atoms with van der Waals surface area (Å²) in [6, 6.07) is 11.2. The third-order valence-corrected chi connectivity index (χ3v) is 5.40. The molecule has 152 valence electrons. The number of pyridine rings is 1. The van der Waals surface area contributed by atoms with Crippen LogP contribution in [-0.2, 0) is 11.3 Å². The second-order valence-electron chi connectivity index (χ2n) is 7.46. The lowest BCUT2D eigenvalue weighted by Gasteiger charge is -2.22. The average Bonchev–Trinajstić information content (AvgIpc) is 3.13. The maximum atomic E-state index is 13.0. The fraction of sp³-hybridized carbons (Fsp3) is 0.391. The van der Waals surface area contributed by atoms with Crippen LogP contribution in [-0.4, -0.2) is 24.6 Å². The number of ether oxygens (including phenoxy) is 2. The molecule has 0 aliphatic heterocycles. The number of anilines is 1. The topological polar surface area (TPSA) is 73.6 Å². The first-order valence-electron chi connectivity index (χ1n) is 10.1. The summed E-state index contributed by atoms with van der Waals surface area (Å²) in [4.78, 5) is 17.3. The minimum absolute atomic E-state index is 0.233. The number of para-hydroxylation sites is 1. The Morgan fingerprint density at radius 3 is 2.83 bits per heavy atom. The van der Waals surface area contributed by atoms with Gasteiger partial charge in [-0.15, -0.1) is 0 Å². The molecule has 1 aliphatic rings. The van der Waals surface area contributed by atoms with Gasteiger partial charge in [0.05, 0.1) is 13.2 Å². The van der Waals surface area contributed by atoms with Gasteiger partial charge >= 0.3 is 0 Å². The van der Waals surface area contributed by atoms with Crippen LogP contribution < -0.4 is 10.1 Å². The molecule has 2 heterocycles. The van der Waals surface area contributed by atoms with Gasteiger partial charge in [0.15, 0.2) is 17.3 Å². The molecule has 29 heavy (non-hydrogen) atoms. The molecule has 6 heteroatoms. The Bertz CT molecular complexity index is 976. The molecule has 1 saturated carbocycles. The highest BCUT2D eigenvalue weighted by atomic mass is 16.5. The smallest absolute Gasteiger partial charge is 0.293 e. The first-order valence-corrected chi connectivity index (χ1v) is 10.1. The van der Waals surface area contributed by atoms with Crippen molar-refractivity contribution in [3.8, 4) is 5.75 Å². The van der Waals surface area contributed by atoms with Crippen molar-refractivity contribution in [1.29, 1.82) is 0 Å². The number of nitrogens with one attached hydrogen (secondary N) is 1. The molecule has 1 aromatic carbocycles. The summed E-state index contributed by atoms with van der Waals surface area (Å²) < 4.78 is 17.1. The van der Waals surface area contributed by atoms with Gasteiger partial charge in [-0.2, -0.15) is 0 Å². The largest absolute Gasteiger partial charge is 0.489 e.